The fraction of sp³-hybridized carbons (Fsp3) is 0.220. The molecule has 10 nitrogen and oxygen atoms in total. The van der Waals surface area contributed by atoms with Gasteiger partial charge in [0.25, 0.3) is 0 Å². The Morgan fingerprint density at radius 1 is 0.863 bits per heavy atom. The number of aromatic hydroxyl groups is 1. The number of hydrazine groups is 1. The lowest BCUT2D eigenvalue weighted by molar-refractivity contribution is 0.0881. The van der Waals surface area contributed by atoms with Crippen LogP contribution in [0, 0.1) is 6.92 Å². The molecule has 0 saturated heterocycles. The number of phenols is 1. The van der Waals surface area contributed by atoms with Crippen molar-refractivity contribution < 1.29 is 28.5 Å². The molecule has 0 aliphatic heterocycles. The summed E-state index contributed by atoms with van der Waals surface area (Å²) in [6, 6.07) is 28.5. The second-order valence-electron chi connectivity index (χ2n) is 12.0. The first-order valence-corrected chi connectivity index (χ1v) is 16.8. The fourth-order valence-electron chi connectivity index (χ4n) is 5.20. The third-order valence-corrected chi connectivity index (χ3v) is 7.95. The topological polar surface area (TPSA) is 150 Å². The summed E-state index contributed by atoms with van der Waals surface area (Å²) in [6.07, 6.45) is 7.23. The summed E-state index contributed by atoms with van der Waals surface area (Å²) in [4.78, 5) is 24.8. The second-order valence-corrected chi connectivity index (χ2v) is 12.0. The number of fused-ring (bicyclic) bond motifs is 1. The normalized spacial score (nSPS) is 11.6. The van der Waals surface area contributed by atoms with Crippen LogP contribution in [-0.2, 0) is 4.74 Å². The van der Waals surface area contributed by atoms with Crippen LogP contribution in [0.3, 0.4) is 0 Å². The fourth-order valence-corrected chi connectivity index (χ4v) is 5.20. The van der Waals surface area contributed by atoms with Crippen LogP contribution in [0.2, 0.25) is 0 Å². The zero-order valence-electron chi connectivity index (χ0n) is 28.6. The molecule has 1 aromatic heterocycles. The molecule has 0 radical (unpaired) electrons. The monoisotopic (exact) mass is 689 g/mol. The largest absolute Gasteiger partial charge is 0.507 e. The summed E-state index contributed by atoms with van der Waals surface area (Å²) in [5, 5.41) is 12.0. The number of hydrogen-bond donors (Lipinski definition) is 3. The quantitative estimate of drug-likeness (QED) is 0.0289. The Balaban J connectivity index is 0.916. The minimum Gasteiger partial charge on any atom is -0.507 e. The average molecular weight is 690 g/mol. The van der Waals surface area contributed by atoms with Crippen molar-refractivity contribution in [3.63, 3.8) is 0 Å². The van der Waals surface area contributed by atoms with Crippen molar-refractivity contribution in [2.75, 3.05) is 33.0 Å². The molecule has 0 saturated carbocycles. The van der Waals surface area contributed by atoms with Crippen LogP contribution < -0.4 is 26.5 Å². The van der Waals surface area contributed by atoms with Crippen molar-refractivity contribution >= 4 is 22.8 Å². The van der Waals surface area contributed by atoms with E-state index in [-0.39, 0.29) is 22.5 Å². The van der Waals surface area contributed by atoms with Gasteiger partial charge in [-0.2, -0.15) is 0 Å². The minimum absolute atomic E-state index is 0.0295. The van der Waals surface area contributed by atoms with Gasteiger partial charge in [-0.3, -0.25) is 9.59 Å². The first kappa shape index (κ1) is 36.4. The van der Waals surface area contributed by atoms with Crippen molar-refractivity contribution in [3.05, 3.63) is 142 Å². The molecule has 5 aromatic rings. The number of benzene rings is 4. The number of ether oxygens (including phenoxy) is 3. The maximum Gasteiger partial charge on any atom is 0.193 e. The summed E-state index contributed by atoms with van der Waals surface area (Å²) >= 11 is 0. The van der Waals surface area contributed by atoms with Crippen LogP contribution in [0.5, 0.6) is 17.2 Å². The van der Waals surface area contributed by atoms with E-state index in [0.29, 0.717) is 67.6 Å². The molecule has 5 N–H and O–H groups in total. The van der Waals surface area contributed by atoms with Crippen molar-refractivity contribution in [3.8, 4) is 28.6 Å². The molecule has 0 aliphatic carbocycles. The number of para-hydroxylation sites is 1. The molecule has 0 fully saturated rings. The van der Waals surface area contributed by atoms with E-state index in [1.54, 1.807) is 36.5 Å². The van der Waals surface area contributed by atoms with Gasteiger partial charge in [-0.25, -0.2) is 5.84 Å². The number of phenolic OH excluding ortho intramolecular Hbond substituents is 1. The molecule has 0 unspecified atom stereocenters. The highest BCUT2D eigenvalue weighted by atomic mass is 16.5. The summed E-state index contributed by atoms with van der Waals surface area (Å²) < 4.78 is 23.2. The highest BCUT2D eigenvalue weighted by molar-refractivity contribution is 6.08. The van der Waals surface area contributed by atoms with E-state index in [0.717, 1.165) is 35.3 Å². The van der Waals surface area contributed by atoms with Crippen molar-refractivity contribution in [1.29, 1.82) is 0 Å². The molecule has 0 amide bonds. The van der Waals surface area contributed by atoms with Crippen LogP contribution >= 0.6 is 0 Å². The van der Waals surface area contributed by atoms with Crippen molar-refractivity contribution in [2.24, 2.45) is 11.6 Å². The van der Waals surface area contributed by atoms with E-state index < -0.39 is 0 Å². The SMILES string of the molecule is Cc1ccc(O)c(C(=O)/C=C/c2ccc(OCCCC/C(N)=C/N(N)CCOCCOc3ccc(-c4cc(=O)c5ccccc5o4)cc3)cc2)c1. The summed E-state index contributed by atoms with van der Waals surface area (Å²) in [5.41, 5.74) is 10.1. The molecule has 0 spiro atoms. The molecule has 0 bridgehead atoms. The van der Waals surface area contributed by atoms with Crippen molar-refractivity contribution in [1.82, 2.24) is 5.01 Å². The predicted octanol–water partition coefficient (Wildman–Crippen LogP) is 6.99. The number of unbranched alkanes of at least 4 members (excludes halogenated alkanes) is 1. The van der Waals surface area contributed by atoms with Gasteiger partial charge in [0.15, 0.2) is 11.2 Å². The number of carbonyl (C=O) groups excluding carboxylic acids is 1. The molecule has 0 atom stereocenters. The number of nitrogens with zero attached hydrogens (tertiary/aromatic N) is 1. The molecular weight excluding hydrogens is 646 g/mol. The molecule has 51 heavy (non-hydrogen) atoms. The highest BCUT2D eigenvalue weighted by Gasteiger charge is 2.09. The lowest BCUT2D eigenvalue weighted by Gasteiger charge is -2.15. The average Bonchev–Trinajstić information content (AvgIpc) is 3.13. The maximum atomic E-state index is 12.4. The van der Waals surface area contributed by atoms with Gasteiger partial charge >= 0.3 is 0 Å². The lowest BCUT2D eigenvalue weighted by Crippen LogP contribution is -2.30. The van der Waals surface area contributed by atoms with E-state index >= 15 is 0 Å². The van der Waals surface area contributed by atoms with Gasteiger partial charge in [0, 0.05) is 23.5 Å². The van der Waals surface area contributed by atoms with Gasteiger partial charge in [-0.15, -0.1) is 0 Å². The summed E-state index contributed by atoms with van der Waals surface area (Å²) in [6.45, 7) is 4.08. The molecule has 10 heteroatoms. The van der Waals surface area contributed by atoms with Crippen LogP contribution in [0.1, 0.15) is 40.7 Å². The zero-order chi connectivity index (χ0) is 36.0. The number of hydrogen-bond acceptors (Lipinski definition) is 10. The maximum absolute atomic E-state index is 12.4. The van der Waals surface area contributed by atoms with E-state index in [1.165, 1.54) is 23.2 Å². The van der Waals surface area contributed by atoms with Gasteiger partial charge in [-0.1, -0.05) is 42.0 Å². The Labute approximate surface area is 297 Å². The van der Waals surface area contributed by atoms with Crippen LogP contribution in [0.15, 0.2) is 124 Å². The van der Waals surface area contributed by atoms with Crippen molar-refractivity contribution in [2.45, 2.75) is 26.2 Å². The smallest absolute Gasteiger partial charge is 0.193 e. The molecule has 0 aliphatic rings. The first-order valence-electron chi connectivity index (χ1n) is 16.8. The summed E-state index contributed by atoms with van der Waals surface area (Å²) in [7, 11) is 0. The number of carbonyl (C=O) groups is 1. The molecular formula is C41H43N3O7. The van der Waals surface area contributed by atoms with Gasteiger partial charge in [0.2, 0.25) is 0 Å². The number of nitrogens with two attached hydrogens (primary N) is 2. The molecule has 5 rings (SSSR count). The van der Waals surface area contributed by atoms with E-state index in [9.17, 15) is 14.7 Å². The minimum atomic E-state index is -0.255. The van der Waals surface area contributed by atoms with Gasteiger partial charge < -0.3 is 34.5 Å². The van der Waals surface area contributed by atoms with Gasteiger partial charge in [-0.05, 0) is 98.5 Å². The van der Waals surface area contributed by atoms with E-state index in [2.05, 4.69) is 0 Å². The Hall–Kier alpha value is -5.84. The Bertz CT molecular complexity index is 2020. The Kier molecular flexibility index (Phi) is 13.0. The standard InChI is InChI=1S/C41H43N3O7/c1-29-9-19-37(45)36(26-29)38(46)20-12-30-10-15-33(16-11-30)49-22-5-4-6-32(42)28-44(43)21-23-48-24-25-50-34-17-13-31(14-18-34)41-27-39(47)35-7-2-3-8-40(35)51-41/h2-3,7-20,26-28,45H,4-6,21-25,42-43H2,1H3/b20-12+,32-28-. The zero-order valence-corrected chi connectivity index (χ0v) is 28.6. The number of allylic oxidation sites excluding steroid dienone is 2. The number of aryl methyl sites for hydroxylation is 1. The highest BCUT2D eigenvalue weighted by Crippen LogP contribution is 2.25. The van der Waals surface area contributed by atoms with Crippen LogP contribution in [0.25, 0.3) is 28.4 Å². The molecule has 264 valence electrons. The summed E-state index contributed by atoms with van der Waals surface area (Å²) in [5.74, 6) is 7.70. The Morgan fingerprint density at radius 3 is 2.37 bits per heavy atom. The lowest BCUT2D eigenvalue weighted by atomic mass is 10.1. The van der Waals surface area contributed by atoms with Gasteiger partial charge in [0.1, 0.15) is 35.2 Å². The molecule has 4 aromatic carbocycles. The number of rotatable bonds is 18. The Morgan fingerprint density at radius 2 is 1.59 bits per heavy atom. The van der Waals surface area contributed by atoms with Crippen LogP contribution in [-0.4, -0.2) is 48.9 Å². The second kappa shape index (κ2) is 18.2. The van der Waals surface area contributed by atoms with E-state index in [1.807, 2.05) is 67.6 Å². The van der Waals surface area contributed by atoms with Crippen LogP contribution in [0.4, 0.5) is 0 Å². The third kappa shape index (κ3) is 11.1. The third-order valence-electron chi connectivity index (χ3n) is 7.95. The number of ketones is 1. The first-order chi connectivity index (χ1) is 24.7. The van der Waals surface area contributed by atoms with E-state index in [4.69, 9.17) is 30.2 Å². The van der Waals surface area contributed by atoms with Gasteiger partial charge in [0.05, 0.1) is 37.3 Å². The predicted molar refractivity (Wildman–Crippen MR) is 199 cm³/mol. The molecule has 1 heterocycles.